The number of sulfone groups is 1. The number of rotatable bonds is 2. The van der Waals surface area contributed by atoms with Gasteiger partial charge in [-0.25, -0.2) is 21.6 Å². The van der Waals surface area contributed by atoms with Gasteiger partial charge in [-0.05, 0) is 6.07 Å². The van der Waals surface area contributed by atoms with E-state index >= 15 is 0 Å². The van der Waals surface area contributed by atoms with Crippen LogP contribution in [0.5, 0.6) is 0 Å². The molecule has 0 unspecified atom stereocenters. The minimum Gasteiger partial charge on any atom is -0.326 e. The lowest BCUT2D eigenvalue weighted by atomic mass is 10.2. The van der Waals surface area contributed by atoms with Crippen LogP contribution in [0.2, 0.25) is 0 Å². The molecule has 0 aliphatic carbocycles. The predicted octanol–water partition coefficient (Wildman–Crippen LogP) is 0.966. The molecule has 0 aliphatic rings. The van der Waals surface area contributed by atoms with Gasteiger partial charge in [-0.3, -0.25) is 0 Å². The lowest BCUT2D eigenvalue weighted by Crippen LogP contribution is -2.11. The molecule has 0 aromatic heterocycles. The standard InChI is InChI=1S/C8H8F3NO2S/c1-15(13,14)8-5(9)2-4(3-12)6(10)7(8)11/h2H,3,12H2,1H3. The first-order valence-corrected chi connectivity index (χ1v) is 5.74. The van der Waals surface area contributed by atoms with E-state index in [2.05, 4.69) is 0 Å². The highest BCUT2D eigenvalue weighted by Crippen LogP contribution is 2.23. The van der Waals surface area contributed by atoms with Gasteiger partial charge in [-0.15, -0.1) is 0 Å². The molecule has 0 saturated heterocycles. The minimum atomic E-state index is -4.14. The molecular formula is C8H8F3NO2S. The van der Waals surface area contributed by atoms with Crippen LogP contribution in [0, 0.1) is 17.5 Å². The first-order valence-electron chi connectivity index (χ1n) is 3.85. The number of nitrogens with two attached hydrogens (primary N) is 1. The Labute approximate surface area is 84.6 Å². The van der Waals surface area contributed by atoms with E-state index < -0.39 is 44.3 Å². The fraction of sp³-hybridized carbons (Fsp3) is 0.250. The van der Waals surface area contributed by atoms with E-state index in [9.17, 15) is 21.6 Å². The van der Waals surface area contributed by atoms with Crippen LogP contribution >= 0.6 is 0 Å². The molecule has 0 bridgehead atoms. The van der Waals surface area contributed by atoms with Gasteiger partial charge in [0.25, 0.3) is 0 Å². The molecule has 0 amide bonds. The fourth-order valence-corrected chi connectivity index (χ4v) is 1.94. The van der Waals surface area contributed by atoms with E-state index in [4.69, 9.17) is 5.73 Å². The fourth-order valence-electron chi connectivity index (χ4n) is 1.12. The van der Waals surface area contributed by atoms with Gasteiger partial charge >= 0.3 is 0 Å². The van der Waals surface area contributed by atoms with Crippen LogP contribution in [0.15, 0.2) is 11.0 Å². The quantitative estimate of drug-likeness (QED) is 0.782. The maximum atomic E-state index is 13.2. The average molecular weight is 239 g/mol. The zero-order valence-corrected chi connectivity index (χ0v) is 8.54. The van der Waals surface area contributed by atoms with Crippen LogP contribution in [0.25, 0.3) is 0 Å². The van der Waals surface area contributed by atoms with Gasteiger partial charge in [-0.2, -0.15) is 0 Å². The highest BCUT2D eigenvalue weighted by atomic mass is 32.2. The molecule has 15 heavy (non-hydrogen) atoms. The zero-order valence-electron chi connectivity index (χ0n) is 7.72. The van der Waals surface area contributed by atoms with Crippen LogP contribution < -0.4 is 5.73 Å². The summed E-state index contributed by atoms with van der Waals surface area (Å²) in [4.78, 5) is -1.27. The predicted molar refractivity (Wildman–Crippen MR) is 47.3 cm³/mol. The third-order valence-corrected chi connectivity index (χ3v) is 2.90. The van der Waals surface area contributed by atoms with E-state index in [-0.39, 0.29) is 0 Å². The molecule has 0 aliphatic heterocycles. The molecule has 0 fully saturated rings. The summed E-state index contributed by atoms with van der Waals surface area (Å²) >= 11 is 0. The van der Waals surface area contributed by atoms with Crippen LogP contribution in [0.1, 0.15) is 5.56 Å². The Kier molecular flexibility index (Phi) is 3.05. The molecular weight excluding hydrogens is 231 g/mol. The lowest BCUT2D eigenvalue weighted by molar-refractivity contribution is 0.451. The Bertz CT molecular complexity index is 499. The molecule has 0 saturated carbocycles. The summed E-state index contributed by atoms with van der Waals surface area (Å²) < 4.78 is 61.3. The van der Waals surface area contributed by atoms with Crippen LogP contribution in [-0.4, -0.2) is 14.7 Å². The van der Waals surface area contributed by atoms with Gasteiger partial charge in [0, 0.05) is 18.4 Å². The Morgan fingerprint density at radius 3 is 2.20 bits per heavy atom. The van der Waals surface area contributed by atoms with Crippen molar-refractivity contribution in [3.05, 3.63) is 29.1 Å². The summed E-state index contributed by atoms with van der Waals surface area (Å²) in [6.45, 7) is -0.413. The molecule has 0 spiro atoms. The molecule has 1 rings (SSSR count). The summed E-state index contributed by atoms with van der Waals surface area (Å²) in [5.41, 5.74) is 4.62. The zero-order chi connectivity index (χ0) is 11.8. The average Bonchev–Trinajstić information content (AvgIpc) is 2.09. The van der Waals surface area contributed by atoms with Gasteiger partial charge in [0.05, 0.1) is 0 Å². The van der Waals surface area contributed by atoms with Gasteiger partial charge in [0.15, 0.2) is 21.5 Å². The Morgan fingerprint density at radius 2 is 1.80 bits per heavy atom. The van der Waals surface area contributed by atoms with E-state index in [0.29, 0.717) is 12.3 Å². The second-order valence-electron chi connectivity index (χ2n) is 2.95. The van der Waals surface area contributed by atoms with Gasteiger partial charge in [0.2, 0.25) is 0 Å². The van der Waals surface area contributed by atoms with Crippen molar-refractivity contribution in [2.45, 2.75) is 11.4 Å². The highest BCUT2D eigenvalue weighted by molar-refractivity contribution is 7.90. The van der Waals surface area contributed by atoms with E-state index in [1.807, 2.05) is 0 Å². The number of benzene rings is 1. The third kappa shape index (κ3) is 2.13. The number of halogens is 3. The van der Waals surface area contributed by atoms with Crippen molar-refractivity contribution >= 4 is 9.84 Å². The largest absolute Gasteiger partial charge is 0.326 e. The van der Waals surface area contributed by atoms with Crippen LogP contribution in [0.3, 0.4) is 0 Å². The second kappa shape index (κ2) is 3.82. The smallest absolute Gasteiger partial charge is 0.181 e. The monoisotopic (exact) mass is 239 g/mol. The third-order valence-electron chi connectivity index (χ3n) is 1.78. The highest BCUT2D eigenvalue weighted by Gasteiger charge is 2.24. The van der Waals surface area contributed by atoms with Crippen molar-refractivity contribution in [1.82, 2.24) is 0 Å². The molecule has 3 nitrogen and oxygen atoms in total. The van der Waals surface area contributed by atoms with Gasteiger partial charge < -0.3 is 5.73 Å². The van der Waals surface area contributed by atoms with Crippen molar-refractivity contribution in [1.29, 1.82) is 0 Å². The molecule has 0 radical (unpaired) electrons. The van der Waals surface area contributed by atoms with E-state index in [0.717, 1.165) is 0 Å². The topological polar surface area (TPSA) is 60.2 Å². The van der Waals surface area contributed by atoms with Crippen molar-refractivity contribution in [2.24, 2.45) is 5.73 Å². The van der Waals surface area contributed by atoms with Crippen molar-refractivity contribution in [2.75, 3.05) is 6.26 Å². The van der Waals surface area contributed by atoms with Crippen molar-refractivity contribution < 1.29 is 21.6 Å². The van der Waals surface area contributed by atoms with Gasteiger partial charge in [0.1, 0.15) is 10.7 Å². The Morgan fingerprint density at radius 1 is 1.27 bits per heavy atom. The van der Waals surface area contributed by atoms with Crippen LogP contribution in [-0.2, 0) is 16.4 Å². The summed E-state index contributed by atoms with van der Waals surface area (Å²) in [6.07, 6.45) is 0.593. The molecule has 0 atom stereocenters. The lowest BCUT2D eigenvalue weighted by Gasteiger charge is -2.06. The van der Waals surface area contributed by atoms with Crippen LogP contribution in [0.4, 0.5) is 13.2 Å². The first kappa shape index (κ1) is 12.0. The first-order chi connectivity index (χ1) is 6.79. The summed E-state index contributed by atoms with van der Waals surface area (Å²) in [6, 6.07) is 0.578. The maximum absolute atomic E-state index is 13.2. The second-order valence-corrected chi connectivity index (χ2v) is 4.90. The molecule has 1 aromatic rings. The van der Waals surface area contributed by atoms with E-state index in [1.165, 1.54) is 0 Å². The molecule has 2 N–H and O–H groups in total. The summed E-state index contributed by atoms with van der Waals surface area (Å²) in [7, 11) is -4.14. The summed E-state index contributed by atoms with van der Waals surface area (Å²) in [5.74, 6) is -4.49. The number of hydrogen-bond donors (Lipinski definition) is 1. The normalized spacial score (nSPS) is 11.8. The van der Waals surface area contributed by atoms with E-state index in [1.54, 1.807) is 0 Å². The molecule has 0 heterocycles. The molecule has 7 heteroatoms. The van der Waals surface area contributed by atoms with Crippen molar-refractivity contribution in [3.8, 4) is 0 Å². The Hall–Kier alpha value is -1.08. The molecule has 84 valence electrons. The summed E-state index contributed by atoms with van der Waals surface area (Å²) in [5, 5.41) is 0. The maximum Gasteiger partial charge on any atom is 0.181 e. The Balaban J connectivity index is 3.65. The molecule has 1 aromatic carbocycles. The SMILES string of the molecule is CS(=O)(=O)c1c(F)cc(CN)c(F)c1F. The number of hydrogen-bond acceptors (Lipinski definition) is 3. The minimum absolute atomic E-state index is 0.405. The van der Waals surface area contributed by atoms with Crippen molar-refractivity contribution in [3.63, 3.8) is 0 Å². The van der Waals surface area contributed by atoms with Gasteiger partial charge in [-0.1, -0.05) is 0 Å².